The molecule has 0 atom stereocenters. The van der Waals surface area contributed by atoms with E-state index in [0.717, 1.165) is 28.7 Å². The van der Waals surface area contributed by atoms with Crippen LogP contribution in [0.1, 0.15) is 23.1 Å². The SMILES string of the molecule is O=C(O)COc1ccc(/C(=C(\CCCl)c2ccccc2)c2ccccc2)cc1. The van der Waals surface area contributed by atoms with E-state index in [-0.39, 0.29) is 6.61 Å². The van der Waals surface area contributed by atoms with Gasteiger partial charge in [0, 0.05) is 5.88 Å². The van der Waals surface area contributed by atoms with Gasteiger partial charge in [-0.25, -0.2) is 4.79 Å². The minimum Gasteiger partial charge on any atom is -0.482 e. The summed E-state index contributed by atoms with van der Waals surface area (Å²) in [7, 11) is 0. The fourth-order valence-corrected chi connectivity index (χ4v) is 3.32. The molecule has 1 N–H and O–H groups in total. The highest BCUT2D eigenvalue weighted by Gasteiger charge is 2.14. The Morgan fingerprint density at radius 1 is 0.786 bits per heavy atom. The largest absolute Gasteiger partial charge is 0.482 e. The number of hydrogen-bond donors (Lipinski definition) is 1. The molecule has 4 heteroatoms. The number of halogens is 1. The number of aliphatic carboxylic acids is 1. The van der Waals surface area contributed by atoms with Crippen molar-refractivity contribution in [1.82, 2.24) is 0 Å². The molecule has 28 heavy (non-hydrogen) atoms. The Balaban J connectivity index is 2.10. The molecule has 3 rings (SSSR count). The number of rotatable bonds is 8. The molecule has 0 bridgehead atoms. The molecule has 0 aliphatic carbocycles. The maximum atomic E-state index is 10.7. The molecule has 142 valence electrons. The molecule has 0 aliphatic heterocycles. The molecule has 0 aliphatic rings. The molecule has 3 nitrogen and oxygen atoms in total. The van der Waals surface area contributed by atoms with Crippen molar-refractivity contribution in [3.63, 3.8) is 0 Å². The normalized spacial score (nSPS) is 11.6. The topological polar surface area (TPSA) is 46.5 Å². The van der Waals surface area contributed by atoms with Gasteiger partial charge in [-0.3, -0.25) is 0 Å². The highest BCUT2D eigenvalue weighted by molar-refractivity contribution is 6.18. The number of carboxylic acids is 1. The first kappa shape index (κ1) is 19.7. The van der Waals surface area contributed by atoms with Crippen molar-refractivity contribution in [2.75, 3.05) is 12.5 Å². The van der Waals surface area contributed by atoms with Gasteiger partial charge in [0.15, 0.2) is 6.61 Å². The van der Waals surface area contributed by atoms with Crippen molar-refractivity contribution in [1.29, 1.82) is 0 Å². The first-order valence-corrected chi connectivity index (χ1v) is 9.57. The number of ether oxygens (including phenoxy) is 1. The molecular weight excluding hydrogens is 372 g/mol. The number of benzene rings is 3. The summed E-state index contributed by atoms with van der Waals surface area (Å²) in [4.78, 5) is 10.7. The summed E-state index contributed by atoms with van der Waals surface area (Å²) in [6.07, 6.45) is 0.729. The van der Waals surface area contributed by atoms with Crippen LogP contribution in [0, 0.1) is 0 Å². The van der Waals surface area contributed by atoms with E-state index in [0.29, 0.717) is 11.6 Å². The minimum absolute atomic E-state index is 0.359. The van der Waals surface area contributed by atoms with E-state index >= 15 is 0 Å². The molecule has 0 saturated carbocycles. The van der Waals surface area contributed by atoms with Crippen molar-refractivity contribution in [2.45, 2.75) is 6.42 Å². The lowest BCUT2D eigenvalue weighted by atomic mass is 9.88. The van der Waals surface area contributed by atoms with Gasteiger partial charge in [0.2, 0.25) is 0 Å². The summed E-state index contributed by atoms with van der Waals surface area (Å²) in [5.41, 5.74) is 5.54. The van der Waals surface area contributed by atoms with Crippen LogP contribution in [-0.4, -0.2) is 23.6 Å². The highest BCUT2D eigenvalue weighted by atomic mass is 35.5. The van der Waals surface area contributed by atoms with Crippen LogP contribution in [0.2, 0.25) is 0 Å². The van der Waals surface area contributed by atoms with Gasteiger partial charge in [-0.15, -0.1) is 11.6 Å². The average Bonchev–Trinajstić information content (AvgIpc) is 2.74. The first-order valence-electron chi connectivity index (χ1n) is 9.04. The second kappa shape index (κ2) is 9.77. The maximum Gasteiger partial charge on any atom is 0.341 e. The zero-order chi connectivity index (χ0) is 19.8. The number of hydrogen-bond acceptors (Lipinski definition) is 2. The molecular formula is C24H21ClO3. The highest BCUT2D eigenvalue weighted by Crippen LogP contribution is 2.35. The van der Waals surface area contributed by atoms with Gasteiger partial charge in [0.05, 0.1) is 0 Å². The lowest BCUT2D eigenvalue weighted by molar-refractivity contribution is -0.139. The summed E-state index contributed by atoms with van der Waals surface area (Å²) in [6, 6.07) is 27.9. The standard InChI is InChI=1S/C24H21ClO3/c25-16-15-22(18-7-3-1-4-8-18)24(19-9-5-2-6-10-19)20-11-13-21(14-12-20)28-17-23(26)27/h1-14H,15-17H2,(H,26,27)/b24-22+. The van der Waals surface area contributed by atoms with Crippen LogP contribution in [-0.2, 0) is 4.79 Å². The molecule has 0 spiro atoms. The van der Waals surface area contributed by atoms with Crippen LogP contribution in [0.5, 0.6) is 5.75 Å². The van der Waals surface area contributed by atoms with E-state index in [1.54, 1.807) is 12.1 Å². The Kier molecular flexibility index (Phi) is 6.88. The number of carboxylic acid groups (broad SMARTS) is 1. The van der Waals surface area contributed by atoms with Gasteiger partial charge in [0.25, 0.3) is 0 Å². The third-order valence-corrected chi connectivity index (χ3v) is 4.53. The lowest BCUT2D eigenvalue weighted by Crippen LogP contribution is -2.09. The Bertz CT molecular complexity index is 933. The van der Waals surface area contributed by atoms with Crippen molar-refractivity contribution in [3.8, 4) is 5.75 Å². The fraction of sp³-hybridized carbons (Fsp3) is 0.125. The number of allylic oxidation sites excluding steroid dienone is 1. The molecule has 0 radical (unpaired) electrons. The van der Waals surface area contributed by atoms with Gasteiger partial charge in [-0.2, -0.15) is 0 Å². The van der Waals surface area contributed by atoms with Gasteiger partial charge in [0.1, 0.15) is 5.75 Å². The van der Waals surface area contributed by atoms with Crippen LogP contribution >= 0.6 is 11.6 Å². The Morgan fingerprint density at radius 3 is 1.86 bits per heavy atom. The Morgan fingerprint density at radius 2 is 1.32 bits per heavy atom. The minimum atomic E-state index is -0.998. The monoisotopic (exact) mass is 392 g/mol. The Hall–Kier alpha value is -3.04. The molecule has 3 aromatic carbocycles. The molecule has 0 saturated heterocycles. The van der Waals surface area contributed by atoms with Crippen molar-refractivity contribution < 1.29 is 14.6 Å². The molecule has 0 fully saturated rings. The first-order chi connectivity index (χ1) is 13.7. The van der Waals surface area contributed by atoms with Gasteiger partial charge in [-0.05, 0) is 46.4 Å². The van der Waals surface area contributed by atoms with Crippen LogP contribution in [0.25, 0.3) is 11.1 Å². The lowest BCUT2D eigenvalue weighted by Gasteiger charge is -2.17. The van der Waals surface area contributed by atoms with Crippen molar-refractivity contribution in [2.24, 2.45) is 0 Å². The quantitative estimate of drug-likeness (QED) is 0.393. The van der Waals surface area contributed by atoms with Crippen molar-refractivity contribution >= 4 is 28.7 Å². The third kappa shape index (κ3) is 5.02. The van der Waals surface area contributed by atoms with E-state index in [1.165, 1.54) is 5.57 Å². The second-order valence-corrected chi connectivity index (χ2v) is 6.61. The van der Waals surface area contributed by atoms with Crippen LogP contribution < -0.4 is 4.74 Å². The van der Waals surface area contributed by atoms with E-state index in [1.807, 2.05) is 48.5 Å². The Labute approximate surface area is 169 Å². The maximum absolute atomic E-state index is 10.7. The molecule has 0 aromatic heterocycles. The molecule has 0 amide bonds. The van der Waals surface area contributed by atoms with Gasteiger partial charge >= 0.3 is 5.97 Å². The zero-order valence-electron chi connectivity index (χ0n) is 15.3. The predicted octanol–water partition coefficient (Wildman–Crippen LogP) is 5.74. The fourth-order valence-electron chi connectivity index (χ4n) is 3.13. The molecule has 0 heterocycles. The summed E-state index contributed by atoms with van der Waals surface area (Å²) in [5.74, 6) is 0.0417. The van der Waals surface area contributed by atoms with Crippen LogP contribution in [0.15, 0.2) is 84.9 Å². The summed E-state index contributed by atoms with van der Waals surface area (Å²) < 4.78 is 5.26. The number of alkyl halides is 1. The predicted molar refractivity (Wildman–Crippen MR) is 114 cm³/mol. The number of carbonyl (C=O) groups is 1. The third-order valence-electron chi connectivity index (χ3n) is 4.34. The summed E-state index contributed by atoms with van der Waals surface area (Å²) >= 11 is 6.15. The van der Waals surface area contributed by atoms with Crippen LogP contribution in [0.4, 0.5) is 0 Å². The van der Waals surface area contributed by atoms with Crippen LogP contribution in [0.3, 0.4) is 0 Å². The molecule has 3 aromatic rings. The van der Waals surface area contributed by atoms with Crippen molar-refractivity contribution in [3.05, 3.63) is 102 Å². The summed E-state index contributed by atoms with van der Waals surface area (Å²) in [6.45, 7) is -0.359. The van der Waals surface area contributed by atoms with E-state index in [2.05, 4.69) is 24.3 Å². The molecule has 0 unspecified atom stereocenters. The zero-order valence-corrected chi connectivity index (χ0v) is 16.1. The van der Waals surface area contributed by atoms with E-state index in [4.69, 9.17) is 21.4 Å². The smallest absolute Gasteiger partial charge is 0.341 e. The van der Waals surface area contributed by atoms with E-state index in [9.17, 15) is 4.79 Å². The van der Waals surface area contributed by atoms with E-state index < -0.39 is 5.97 Å². The summed E-state index contributed by atoms with van der Waals surface area (Å²) in [5, 5.41) is 8.78. The average molecular weight is 393 g/mol. The second-order valence-electron chi connectivity index (χ2n) is 6.23. The van der Waals surface area contributed by atoms with Gasteiger partial charge in [-0.1, -0.05) is 72.8 Å². The van der Waals surface area contributed by atoms with Gasteiger partial charge < -0.3 is 9.84 Å².